The van der Waals surface area contributed by atoms with E-state index in [4.69, 9.17) is 9.47 Å². The number of ether oxygens (including phenoxy) is 2. The quantitative estimate of drug-likeness (QED) is 0.770. The molecule has 1 atom stereocenters. The average Bonchev–Trinajstić information content (AvgIpc) is 3.13. The molecule has 0 amide bonds. The van der Waals surface area contributed by atoms with Crippen LogP contribution in [0.4, 0.5) is 10.2 Å². The second kappa shape index (κ2) is 6.98. The van der Waals surface area contributed by atoms with Crippen molar-refractivity contribution >= 4 is 16.7 Å². The van der Waals surface area contributed by atoms with E-state index in [2.05, 4.69) is 20.3 Å². The molecule has 3 heterocycles. The van der Waals surface area contributed by atoms with Crippen molar-refractivity contribution in [3.8, 4) is 5.88 Å². The summed E-state index contributed by atoms with van der Waals surface area (Å²) in [4.78, 5) is 12.6. The molecule has 0 radical (unpaired) electrons. The van der Waals surface area contributed by atoms with Gasteiger partial charge in [-0.05, 0) is 29.8 Å². The number of nitrogens with one attached hydrogen (secondary N) is 1. The van der Waals surface area contributed by atoms with Crippen LogP contribution in [0.2, 0.25) is 0 Å². The Hall–Kier alpha value is -2.80. The van der Waals surface area contributed by atoms with Crippen LogP contribution in [0.3, 0.4) is 0 Å². The van der Waals surface area contributed by atoms with Crippen LogP contribution in [0.1, 0.15) is 12.0 Å². The Morgan fingerprint density at radius 1 is 1.20 bits per heavy atom. The molecule has 1 aliphatic rings. The van der Waals surface area contributed by atoms with Gasteiger partial charge in [-0.2, -0.15) is 0 Å². The molecule has 0 saturated carbocycles. The third kappa shape index (κ3) is 3.66. The number of hydrogen-bond acceptors (Lipinski definition) is 6. The first-order valence-electron chi connectivity index (χ1n) is 8.11. The molecule has 1 aromatic carbocycles. The predicted molar refractivity (Wildman–Crippen MR) is 90.9 cm³/mol. The van der Waals surface area contributed by atoms with E-state index in [1.54, 1.807) is 12.3 Å². The van der Waals surface area contributed by atoms with Crippen molar-refractivity contribution in [2.45, 2.75) is 19.1 Å². The summed E-state index contributed by atoms with van der Waals surface area (Å²) in [5.74, 6) is 0.852. The van der Waals surface area contributed by atoms with Gasteiger partial charge in [0.05, 0.1) is 18.7 Å². The maximum Gasteiger partial charge on any atom is 0.213 e. The Labute approximate surface area is 144 Å². The van der Waals surface area contributed by atoms with Gasteiger partial charge in [-0.3, -0.25) is 0 Å². The molecule has 0 bridgehead atoms. The van der Waals surface area contributed by atoms with Crippen molar-refractivity contribution < 1.29 is 13.9 Å². The van der Waals surface area contributed by atoms with Gasteiger partial charge in [0.15, 0.2) is 0 Å². The summed E-state index contributed by atoms with van der Waals surface area (Å²) in [6, 6.07) is 8.24. The minimum atomic E-state index is -0.316. The van der Waals surface area contributed by atoms with Crippen molar-refractivity contribution in [1.82, 2.24) is 15.0 Å². The van der Waals surface area contributed by atoms with Gasteiger partial charge in [-0.15, -0.1) is 0 Å². The van der Waals surface area contributed by atoms with Gasteiger partial charge in [0, 0.05) is 30.6 Å². The summed E-state index contributed by atoms with van der Waals surface area (Å²) < 4.78 is 24.6. The molecule has 4 rings (SSSR count). The first kappa shape index (κ1) is 15.7. The molecule has 2 aromatic heterocycles. The van der Waals surface area contributed by atoms with Crippen molar-refractivity contribution in [2.24, 2.45) is 0 Å². The molecule has 7 heteroatoms. The van der Waals surface area contributed by atoms with Crippen molar-refractivity contribution in [2.75, 3.05) is 18.5 Å². The number of benzene rings is 1. The lowest BCUT2D eigenvalue weighted by Crippen LogP contribution is -2.16. The SMILES string of the molecule is Fc1ccc2ncnc(NCc3ccnc(OC4CCOC4)c3)c2c1. The molecule has 3 aromatic rings. The van der Waals surface area contributed by atoms with Crippen LogP contribution in [0.25, 0.3) is 10.9 Å². The zero-order valence-electron chi connectivity index (χ0n) is 13.5. The largest absolute Gasteiger partial charge is 0.472 e. The number of pyridine rings is 1. The van der Waals surface area contributed by atoms with Gasteiger partial charge in [-0.1, -0.05) is 0 Å². The van der Waals surface area contributed by atoms with Crippen LogP contribution >= 0.6 is 0 Å². The fraction of sp³-hybridized carbons (Fsp3) is 0.278. The van der Waals surface area contributed by atoms with E-state index in [0.29, 0.717) is 35.8 Å². The molecular weight excluding hydrogens is 323 g/mol. The van der Waals surface area contributed by atoms with E-state index in [1.807, 2.05) is 12.1 Å². The molecule has 0 aliphatic carbocycles. The highest BCUT2D eigenvalue weighted by molar-refractivity contribution is 5.88. The Morgan fingerprint density at radius 3 is 3.04 bits per heavy atom. The molecule has 128 valence electrons. The van der Waals surface area contributed by atoms with Crippen molar-refractivity contribution in [1.29, 1.82) is 0 Å². The number of rotatable bonds is 5. The standard InChI is InChI=1S/C18H17FN4O2/c19-13-1-2-16-15(8-13)18(23-11-22-16)21-9-12-3-5-20-17(7-12)25-14-4-6-24-10-14/h1-3,5,7-8,11,14H,4,6,9-10H2,(H,21,22,23). The molecule has 1 aliphatic heterocycles. The maximum absolute atomic E-state index is 13.5. The van der Waals surface area contributed by atoms with Gasteiger partial charge in [0.25, 0.3) is 0 Å². The molecule has 1 unspecified atom stereocenters. The summed E-state index contributed by atoms with van der Waals surface area (Å²) in [6.07, 6.45) is 4.11. The minimum Gasteiger partial charge on any atom is -0.472 e. The van der Waals surface area contributed by atoms with Gasteiger partial charge in [-0.25, -0.2) is 19.3 Å². The fourth-order valence-electron chi connectivity index (χ4n) is 2.76. The Kier molecular flexibility index (Phi) is 4.39. The second-order valence-electron chi connectivity index (χ2n) is 5.84. The number of fused-ring (bicyclic) bond motifs is 1. The first-order chi connectivity index (χ1) is 12.3. The number of nitrogens with zero attached hydrogens (tertiary/aromatic N) is 3. The molecule has 25 heavy (non-hydrogen) atoms. The summed E-state index contributed by atoms with van der Waals surface area (Å²) >= 11 is 0. The third-order valence-corrected chi connectivity index (χ3v) is 4.03. The van der Waals surface area contributed by atoms with Gasteiger partial charge in [0.1, 0.15) is 24.1 Å². The van der Waals surface area contributed by atoms with Crippen molar-refractivity contribution in [3.63, 3.8) is 0 Å². The van der Waals surface area contributed by atoms with Crippen LogP contribution in [0.5, 0.6) is 5.88 Å². The van der Waals surface area contributed by atoms with E-state index in [1.165, 1.54) is 18.5 Å². The number of aromatic nitrogens is 3. The summed E-state index contributed by atoms with van der Waals surface area (Å²) in [6.45, 7) is 1.84. The lowest BCUT2D eigenvalue weighted by atomic mass is 10.2. The highest BCUT2D eigenvalue weighted by Gasteiger charge is 2.17. The highest BCUT2D eigenvalue weighted by Crippen LogP contribution is 2.21. The smallest absolute Gasteiger partial charge is 0.213 e. The molecule has 0 spiro atoms. The van der Waals surface area contributed by atoms with E-state index in [-0.39, 0.29) is 11.9 Å². The van der Waals surface area contributed by atoms with Crippen molar-refractivity contribution in [3.05, 3.63) is 54.2 Å². The van der Waals surface area contributed by atoms with Gasteiger partial charge >= 0.3 is 0 Å². The van der Waals surface area contributed by atoms with Gasteiger partial charge in [0.2, 0.25) is 5.88 Å². The molecular formula is C18H17FN4O2. The first-order valence-corrected chi connectivity index (χ1v) is 8.11. The molecule has 1 fully saturated rings. The highest BCUT2D eigenvalue weighted by atomic mass is 19.1. The monoisotopic (exact) mass is 340 g/mol. The lowest BCUT2D eigenvalue weighted by Gasteiger charge is -2.12. The Morgan fingerprint density at radius 2 is 2.16 bits per heavy atom. The lowest BCUT2D eigenvalue weighted by molar-refractivity contribution is 0.138. The Balaban J connectivity index is 1.49. The molecule has 1 saturated heterocycles. The fourth-order valence-corrected chi connectivity index (χ4v) is 2.76. The summed E-state index contributed by atoms with van der Waals surface area (Å²) in [5, 5.41) is 3.88. The van der Waals surface area contributed by atoms with E-state index >= 15 is 0 Å². The van der Waals surface area contributed by atoms with Crippen LogP contribution in [0, 0.1) is 5.82 Å². The number of hydrogen-bond donors (Lipinski definition) is 1. The normalized spacial score (nSPS) is 16.9. The number of halogens is 1. The zero-order valence-corrected chi connectivity index (χ0v) is 13.5. The Bertz CT molecular complexity index is 884. The third-order valence-electron chi connectivity index (χ3n) is 4.03. The summed E-state index contributed by atoms with van der Waals surface area (Å²) in [5.41, 5.74) is 1.69. The number of anilines is 1. The predicted octanol–water partition coefficient (Wildman–Crippen LogP) is 2.94. The van der Waals surface area contributed by atoms with Crippen LogP contribution in [-0.4, -0.2) is 34.3 Å². The maximum atomic E-state index is 13.5. The average molecular weight is 340 g/mol. The molecule has 1 N–H and O–H groups in total. The zero-order chi connectivity index (χ0) is 17.1. The van der Waals surface area contributed by atoms with Crippen LogP contribution < -0.4 is 10.1 Å². The van der Waals surface area contributed by atoms with Gasteiger partial charge < -0.3 is 14.8 Å². The minimum absolute atomic E-state index is 0.0597. The van der Waals surface area contributed by atoms with Crippen LogP contribution in [-0.2, 0) is 11.3 Å². The van der Waals surface area contributed by atoms with Crippen LogP contribution in [0.15, 0.2) is 42.9 Å². The second-order valence-corrected chi connectivity index (χ2v) is 5.84. The molecule has 6 nitrogen and oxygen atoms in total. The van der Waals surface area contributed by atoms with E-state index in [0.717, 1.165) is 18.6 Å². The van der Waals surface area contributed by atoms with E-state index < -0.39 is 0 Å². The van der Waals surface area contributed by atoms with E-state index in [9.17, 15) is 4.39 Å². The summed E-state index contributed by atoms with van der Waals surface area (Å²) in [7, 11) is 0. The topological polar surface area (TPSA) is 69.2 Å².